The van der Waals surface area contributed by atoms with Crippen LogP contribution >= 0.6 is 0 Å². The monoisotopic (exact) mass is 272 g/mol. The van der Waals surface area contributed by atoms with Crippen molar-refractivity contribution in [2.45, 2.75) is 52.6 Å². The Morgan fingerprint density at radius 3 is 2.95 bits per heavy atom. The van der Waals surface area contributed by atoms with Crippen molar-refractivity contribution in [2.75, 3.05) is 32.8 Å². The molecular formula is C15H32N2O2. The molecule has 1 aliphatic heterocycles. The number of unbranched alkanes of at least 4 members (excludes halogenated alkanes) is 2. The van der Waals surface area contributed by atoms with E-state index in [0.717, 1.165) is 32.7 Å². The fourth-order valence-electron chi connectivity index (χ4n) is 2.27. The summed E-state index contributed by atoms with van der Waals surface area (Å²) in [7, 11) is 0. The number of amides is 1. The molecule has 1 heterocycles. The van der Waals surface area contributed by atoms with Gasteiger partial charge in [0.25, 0.3) is 0 Å². The Kier molecular flexibility index (Phi) is 8.07. The van der Waals surface area contributed by atoms with E-state index >= 15 is 0 Å². The summed E-state index contributed by atoms with van der Waals surface area (Å²) >= 11 is 0. The summed E-state index contributed by atoms with van der Waals surface area (Å²) in [5.74, 6) is 0.249. The van der Waals surface area contributed by atoms with Crippen molar-refractivity contribution in [3.63, 3.8) is 0 Å². The number of carbonyl (C=O) groups excluding carboxylic acids is 1. The highest BCUT2D eigenvalue weighted by Crippen LogP contribution is 2.07. The normalized spacial score (nSPS) is 22.2. The molecule has 2 atom stereocenters. The van der Waals surface area contributed by atoms with Crippen LogP contribution in [-0.2, 0) is 9.53 Å². The Bertz CT molecular complexity index is 264. The van der Waals surface area contributed by atoms with Crippen molar-refractivity contribution in [3.8, 4) is 0 Å². The summed E-state index contributed by atoms with van der Waals surface area (Å²) in [6, 6.07) is 0. The fraction of sp³-hybridized carbons (Fsp3) is 0.933. The number of hydrogen-bond donors (Lipinski definition) is 1. The Morgan fingerprint density at radius 2 is 2.26 bits per heavy atom. The van der Waals surface area contributed by atoms with E-state index < -0.39 is 0 Å². The van der Waals surface area contributed by atoms with E-state index in [0.29, 0.717) is 6.54 Å². The summed E-state index contributed by atoms with van der Waals surface area (Å²) in [6.07, 6.45) is 4.87. The minimum atomic E-state index is 0. The lowest BCUT2D eigenvalue weighted by molar-refractivity contribution is -0.125. The molecule has 19 heavy (non-hydrogen) atoms. The van der Waals surface area contributed by atoms with Crippen molar-refractivity contribution >= 4 is 5.91 Å². The minimum Gasteiger partial charge on any atom is -0.374 e. The predicted molar refractivity (Wildman–Crippen MR) is 80.3 cm³/mol. The summed E-state index contributed by atoms with van der Waals surface area (Å²) < 4.78 is 5.72. The van der Waals surface area contributed by atoms with Crippen LogP contribution in [0.2, 0.25) is 0 Å². The van der Waals surface area contributed by atoms with E-state index in [2.05, 4.69) is 17.1 Å². The molecule has 0 bridgehead atoms. The highest BCUT2D eigenvalue weighted by Gasteiger charge is 2.21. The second-order valence-electron chi connectivity index (χ2n) is 5.55. The number of nitrogens with zero attached hydrogens (tertiary/aromatic N) is 1. The van der Waals surface area contributed by atoms with E-state index in [9.17, 15) is 4.79 Å². The minimum absolute atomic E-state index is 0. The SMILES string of the molecule is CCCCCN1CCO[C@H](CNC(=O)C(C)CC)C1.[HH]. The largest absolute Gasteiger partial charge is 0.374 e. The lowest BCUT2D eigenvalue weighted by Crippen LogP contribution is -2.48. The lowest BCUT2D eigenvalue weighted by Gasteiger charge is -2.33. The number of morpholine rings is 1. The highest BCUT2D eigenvalue weighted by atomic mass is 16.5. The smallest absolute Gasteiger partial charge is 0.222 e. The molecule has 114 valence electrons. The van der Waals surface area contributed by atoms with Gasteiger partial charge in [-0.3, -0.25) is 9.69 Å². The van der Waals surface area contributed by atoms with Gasteiger partial charge >= 0.3 is 0 Å². The molecule has 0 aromatic carbocycles. The van der Waals surface area contributed by atoms with Gasteiger partial charge in [-0.1, -0.05) is 33.6 Å². The van der Waals surface area contributed by atoms with Gasteiger partial charge in [-0.2, -0.15) is 0 Å². The molecule has 4 heteroatoms. The molecule has 4 nitrogen and oxygen atoms in total. The summed E-state index contributed by atoms with van der Waals surface area (Å²) in [6.45, 7) is 10.8. The number of rotatable bonds is 8. The Labute approximate surface area is 119 Å². The molecule has 0 aromatic heterocycles. The molecule has 0 aromatic rings. The first kappa shape index (κ1) is 16.4. The van der Waals surface area contributed by atoms with Crippen molar-refractivity contribution in [3.05, 3.63) is 0 Å². The second kappa shape index (κ2) is 9.32. The van der Waals surface area contributed by atoms with Crippen LogP contribution in [0.1, 0.15) is 47.9 Å². The molecule has 0 spiro atoms. The van der Waals surface area contributed by atoms with Gasteiger partial charge in [0.05, 0.1) is 12.7 Å². The molecule has 0 aliphatic carbocycles. The molecule has 1 unspecified atom stereocenters. The predicted octanol–water partition coefficient (Wildman–Crippen LogP) is 2.29. The number of hydrogen-bond acceptors (Lipinski definition) is 3. The Hall–Kier alpha value is -0.610. The van der Waals surface area contributed by atoms with Crippen LogP contribution in [0.3, 0.4) is 0 Å². The average molecular weight is 272 g/mol. The molecule has 1 saturated heterocycles. The van der Waals surface area contributed by atoms with Gasteiger partial charge in [-0.15, -0.1) is 0 Å². The average Bonchev–Trinajstić information content (AvgIpc) is 2.44. The van der Waals surface area contributed by atoms with Gasteiger partial charge < -0.3 is 10.1 Å². The van der Waals surface area contributed by atoms with E-state index in [1.807, 2.05) is 13.8 Å². The van der Waals surface area contributed by atoms with Gasteiger partial charge in [0.15, 0.2) is 0 Å². The third-order valence-electron chi connectivity index (χ3n) is 3.86. The van der Waals surface area contributed by atoms with Crippen LogP contribution < -0.4 is 5.32 Å². The maximum atomic E-state index is 11.7. The Morgan fingerprint density at radius 1 is 1.47 bits per heavy atom. The van der Waals surface area contributed by atoms with E-state index in [-0.39, 0.29) is 19.4 Å². The maximum absolute atomic E-state index is 11.7. The van der Waals surface area contributed by atoms with Crippen molar-refractivity contribution in [1.82, 2.24) is 10.2 Å². The van der Waals surface area contributed by atoms with Crippen LogP contribution in [0, 0.1) is 5.92 Å². The number of carbonyl (C=O) groups is 1. The molecule has 1 fully saturated rings. The highest BCUT2D eigenvalue weighted by molar-refractivity contribution is 5.78. The summed E-state index contributed by atoms with van der Waals surface area (Å²) in [4.78, 5) is 14.2. The van der Waals surface area contributed by atoms with Gasteiger partial charge in [0.1, 0.15) is 0 Å². The first-order valence-electron chi connectivity index (χ1n) is 7.79. The van der Waals surface area contributed by atoms with Crippen molar-refractivity contribution in [2.24, 2.45) is 5.92 Å². The number of ether oxygens (including phenoxy) is 1. The third kappa shape index (κ3) is 6.39. The van der Waals surface area contributed by atoms with E-state index in [1.54, 1.807) is 0 Å². The first-order chi connectivity index (χ1) is 9.17. The van der Waals surface area contributed by atoms with Gasteiger partial charge in [0.2, 0.25) is 5.91 Å². The van der Waals surface area contributed by atoms with Crippen LogP contribution in [0.4, 0.5) is 0 Å². The van der Waals surface area contributed by atoms with Crippen LogP contribution in [0.5, 0.6) is 0 Å². The zero-order chi connectivity index (χ0) is 14.1. The molecule has 0 radical (unpaired) electrons. The second-order valence-corrected chi connectivity index (χ2v) is 5.55. The maximum Gasteiger partial charge on any atom is 0.222 e. The van der Waals surface area contributed by atoms with Crippen LogP contribution in [0.25, 0.3) is 0 Å². The van der Waals surface area contributed by atoms with Crippen molar-refractivity contribution < 1.29 is 11.0 Å². The van der Waals surface area contributed by atoms with E-state index in [4.69, 9.17) is 4.74 Å². The first-order valence-corrected chi connectivity index (χ1v) is 7.79. The van der Waals surface area contributed by atoms with Gasteiger partial charge in [-0.05, 0) is 19.4 Å². The van der Waals surface area contributed by atoms with Crippen LogP contribution in [-0.4, -0.2) is 49.7 Å². The molecule has 0 saturated carbocycles. The summed E-state index contributed by atoms with van der Waals surface area (Å²) in [5.41, 5.74) is 0. The zero-order valence-corrected chi connectivity index (χ0v) is 12.8. The Balaban J connectivity index is 0.00000361. The molecule has 1 rings (SSSR count). The third-order valence-corrected chi connectivity index (χ3v) is 3.86. The summed E-state index contributed by atoms with van der Waals surface area (Å²) in [5, 5.41) is 3.00. The quantitative estimate of drug-likeness (QED) is 0.689. The molecule has 1 amide bonds. The van der Waals surface area contributed by atoms with E-state index in [1.165, 1.54) is 19.3 Å². The van der Waals surface area contributed by atoms with Crippen LogP contribution in [0.15, 0.2) is 0 Å². The molecule has 1 N–H and O–H groups in total. The molecule has 1 aliphatic rings. The van der Waals surface area contributed by atoms with Crippen molar-refractivity contribution in [1.29, 1.82) is 0 Å². The lowest BCUT2D eigenvalue weighted by atomic mass is 10.1. The van der Waals surface area contributed by atoms with Gasteiger partial charge in [0, 0.05) is 27.0 Å². The fourth-order valence-corrected chi connectivity index (χ4v) is 2.27. The topological polar surface area (TPSA) is 41.6 Å². The number of nitrogens with one attached hydrogen (secondary N) is 1. The van der Waals surface area contributed by atoms with Gasteiger partial charge in [-0.25, -0.2) is 0 Å². The molecular weight excluding hydrogens is 240 g/mol. The standard InChI is InChI=1S/C15H30N2O2.H2/c1-4-6-7-8-17-9-10-19-14(12-17)11-16-15(18)13(3)5-2;/h13-14H,4-12H2,1-3H3,(H,16,18);1H/t13?,14-;/m1./s1. The zero-order valence-electron chi connectivity index (χ0n) is 12.8.